The van der Waals surface area contributed by atoms with Gasteiger partial charge in [0.05, 0.1) is 16.7 Å². The molecule has 0 saturated heterocycles. The minimum atomic E-state index is -0.323. The van der Waals surface area contributed by atoms with E-state index in [1.54, 1.807) is 0 Å². The number of benzene rings is 14. The molecule has 0 bridgehead atoms. The third-order valence-electron chi connectivity index (χ3n) is 21.9. The molecule has 0 spiro atoms. The third kappa shape index (κ3) is 9.78. The van der Waals surface area contributed by atoms with Gasteiger partial charge in [0.1, 0.15) is 0 Å². The van der Waals surface area contributed by atoms with Crippen LogP contribution in [0.3, 0.4) is 0 Å². The Kier molecular flexibility index (Phi) is 14.1. The van der Waals surface area contributed by atoms with Crippen LogP contribution >= 0.6 is 0 Å². The van der Waals surface area contributed by atoms with Gasteiger partial charge < -0.3 is 9.47 Å². The van der Waals surface area contributed by atoms with Gasteiger partial charge in [-0.3, -0.25) is 0 Å². The summed E-state index contributed by atoms with van der Waals surface area (Å²) in [7, 11) is 0. The number of nitrogens with zero attached hydrogens (tertiary/aromatic N) is 4. The van der Waals surface area contributed by atoms with Gasteiger partial charge in [-0.25, -0.2) is 0 Å². The maximum Gasteiger partial charge on any atom is 0.00668 e. The Morgan fingerprint density at radius 2 is 0.608 bits per heavy atom. The molecule has 2 aliphatic heterocycles. The van der Waals surface area contributed by atoms with E-state index in [9.17, 15) is 0 Å². The summed E-state index contributed by atoms with van der Waals surface area (Å²) >= 11 is 0.210. The zero-order chi connectivity index (χ0) is 69.1. The van der Waals surface area contributed by atoms with Crippen molar-refractivity contribution in [1.82, 2.24) is 9.13 Å². The van der Waals surface area contributed by atoms with Gasteiger partial charge in [-0.05, 0) is 81.0 Å². The minimum Gasteiger partial charge on any atom is -0.0622 e. The number of fused-ring (bicyclic) bond motifs is 13. The first-order valence-electron chi connectivity index (χ1n) is 36.0. The van der Waals surface area contributed by atoms with Crippen molar-refractivity contribution in [3.05, 3.63) is 320 Å². The van der Waals surface area contributed by atoms with Crippen molar-refractivity contribution in [1.29, 1.82) is 0 Å². The second kappa shape index (κ2) is 23.2. The molecule has 14 aromatic carbocycles. The molecule has 0 aliphatic carbocycles. The summed E-state index contributed by atoms with van der Waals surface area (Å²) < 4.78 is 7.98. The van der Waals surface area contributed by atoms with Crippen LogP contribution in [-0.4, -0.2) is 30.4 Å². The largest absolute Gasteiger partial charge is 0.0622 e. The van der Waals surface area contributed by atoms with Gasteiger partial charge in [0.15, 0.2) is 0 Å². The van der Waals surface area contributed by atoms with Gasteiger partial charge >= 0.3 is 253 Å². The number of aromatic nitrogens is 2. The molecular weight excluding hydrogens is 1300 g/mol. The van der Waals surface area contributed by atoms with Gasteiger partial charge in [-0.1, -0.05) is 220 Å². The second-order valence-electron chi connectivity index (χ2n) is 31.3. The maximum atomic E-state index is 2.75. The molecule has 0 saturated carbocycles. The predicted molar refractivity (Wildman–Crippen MR) is 439 cm³/mol. The first-order chi connectivity index (χ1) is 49.5. The summed E-state index contributed by atoms with van der Waals surface area (Å²) in [6.45, 7) is 21.2. The smallest absolute Gasteiger partial charge is 0.00668 e. The summed E-state index contributed by atoms with van der Waals surface area (Å²) in [4.78, 5) is 5.49. The van der Waals surface area contributed by atoms with Crippen LogP contribution in [0.4, 0.5) is 34.1 Å². The van der Waals surface area contributed by atoms with Crippen LogP contribution in [-0.2, 0) is 16.2 Å². The molecule has 0 unspecified atom stereocenters. The van der Waals surface area contributed by atoms with Crippen LogP contribution in [0.2, 0.25) is 0 Å². The van der Waals surface area contributed by atoms with E-state index in [0.717, 1.165) is 56.4 Å². The fourth-order valence-electron chi connectivity index (χ4n) is 16.8. The molecule has 0 radical (unpaired) electrons. The van der Waals surface area contributed by atoms with Crippen molar-refractivity contribution < 1.29 is 0 Å². The topological polar surface area (TPSA) is 16.3 Å². The Hall–Kier alpha value is -11.1. The predicted octanol–water partition coefficient (Wildman–Crippen LogP) is 23.9. The van der Waals surface area contributed by atoms with Gasteiger partial charge in [0.25, 0.3) is 0 Å². The molecule has 4 nitrogen and oxygen atoms in total. The van der Waals surface area contributed by atoms with E-state index < -0.39 is 0 Å². The first-order valence-corrected chi connectivity index (χ1v) is 37.7. The van der Waals surface area contributed by atoms with Gasteiger partial charge in [0.2, 0.25) is 0 Å². The van der Waals surface area contributed by atoms with E-state index in [1.165, 1.54) is 130 Å². The molecule has 3 aromatic heterocycles. The van der Waals surface area contributed by atoms with E-state index in [1.807, 2.05) is 0 Å². The fraction of sp³-hybridized carbons (Fsp3) is 0.125. The van der Waals surface area contributed by atoms with Crippen LogP contribution < -0.4 is 26.2 Å². The molecular formula is C96H77BN4Se. The number of anilines is 6. The Morgan fingerprint density at radius 1 is 0.265 bits per heavy atom. The third-order valence-corrected chi connectivity index (χ3v) is 24.3. The van der Waals surface area contributed by atoms with Crippen LogP contribution in [0.1, 0.15) is 79.0 Å². The van der Waals surface area contributed by atoms with Gasteiger partial charge in [-0.15, -0.1) is 0 Å². The molecule has 17 aromatic rings. The van der Waals surface area contributed by atoms with Crippen molar-refractivity contribution in [3.8, 4) is 55.9 Å². The van der Waals surface area contributed by atoms with Crippen LogP contribution in [0.5, 0.6) is 0 Å². The van der Waals surface area contributed by atoms with Crippen LogP contribution in [0.25, 0.3) is 119 Å². The molecule has 6 heteroatoms. The van der Waals surface area contributed by atoms with Crippen molar-refractivity contribution in [3.63, 3.8) is 0 Å². The number of hydrogen-bond acceptors (Lipinski definition) is 2. The van der Waals surface area contributed by atoms with Crippen molar-refractivity contribution >= 4 is 135 Å². The molecule has 0 atom stereocenters. The van der Waals surface area contributed by atoms with E-state index in [-0.39, 0.29) is 37.5 Å². The molecule has 19 rings (SSSR count). The summed E-state index contributed by atoms with van der Waals surface area (Å²) in [5.41, 5.74) is 30.1. The van der Waals surface area contributed by atoms with Gasteiger partial charge in [0, 0.05) is 27.6 Å². The Morgan fingerprint density at radius 3 is 1.01 bits per heavy atom. The monoisotopic (exact) mass is 1380 g/mol. The molecule has 5 heterocycles. The fourth-order valence-corrected chi connectivity index (χ4v) is 19.2. The van der Waals surface area contributed by atoms with E-state index in [2.05, 4.69) is 385 Å². The molecule has 2 aliphatic rings. The van der Waals surface area contributed by atoms with Crippen molar-refractivity contribution in [2.45, 2.75) is 78.6 Å². The van der Waals surface area contributed by atoms with Crippen LogP contribution in [0.15, 0.2) is 303 Å². The molecule has 0 N–H and O–H groups in total. The Bertz CT molecular complexity index is 6080. The minimum absolute atomic E-state index is 0.185. The number of para-hydroxylation sites is 3. The Labute approximate surface area is 603 Å². The van der Waals surface area contributed by atoms with Crippen molar-refractivity contribution in [2.24, 2.45) is 0 Å². The first kappa shape index (κ1) is 61.9. The molecule has 0 amide bonds. The Balaban J connectivity index is 1.000. The van der Waals surface area contributed by atoms with Crippen LogP contribution in [0, 0.1) is 0 Å². The SMILES string of the molecule is CC(C)(C)c1cc(-c2ccccc2)c(N2c3cc(-n4c5ccccc5c5ccccc54)ccc3B3c4ccc(-n5c6ccccc6c6cc7[se]c8ccccc8c7cc65)cc4N(c4c(-c5ccccc5)cc(C(C)(C)C)cc4-c4ccccc4)c4cc(C(C)(C)C)cc2c43)c(-c2ccccc2)c1. The quantitative estimate of drug-likeness (QED) is 0.141. The summed E-state index contributed by atoms with van der Waals surface area (Å²) in [5.74, 6) is 0. The molecule has 0 fully saturated rings. The van der Waals surface area contributed by atoms with E-state index in [4.69, 9.17) is 0 Å². The zero-order valence-electron chi connectivity index (χ0n) is 59.1. The standard InChI is InChI=1S/C96H77BN4Se/c1-94(2,3)64-50-73(60-30-14-10-15-31-60)92(74(51-64)61-32-16-11-17-33-61)100-85-56-67(98-81-42-26-22-38-69(81)70-39-23-27-43-82(70)98)46-48-79(85)97-80-49-47-68(99-83-44-28-24-40-71(83)77-59-90-78(58-84(77)99)72-41-25-29-45-89(72)102-90)57-86(80)101(88-55-66(96(7,8)9)54-87(100)91(88)97)93-75(62-34-18-12-19-35-62)52-65(95(4,5)6)53-76(93)63-36-20-13-21-37-63/h10-59H,1-9H3. The average Bonchev–Trinajstić information content (AvgIpc) is 0.776. The number of rotatable bonds is 8. The second-order valence-corrected chi connectivity index (χ2v) is 33.5. The molecule has 102 heavy (non-hydrogen) atoms. The summed E-state index contributed by atoms with van der Waals surface area (Å²) in [5, 5.41) is 7.72. The van der Waals surface area contributed by atoms with Crippen molar-refractivity contribution in [2.75, 3.05) is 9.80 Å². The molecule has 490 valence electrons. The maximum absolute atomic E-state index is 2.75. The van der Waals surface area contributed by atoms with E-state index in [0.29, 0.717) is 0 Å². The average molecular weight is 1380 g/mol. The summed E-state index contributed by atoms with van der Waals surface area (Å²) in [6.07, 6.45) is 0. The number of hydrogen-bond donors (Lipinski definition) is 0. The summed E-state index contributed by atoms with van der Waals surface area (Å²) in [6, 6.07) is 116. The van der Waals surface area contributed by atoms with E-state index >= 15 is 0 Å². The van der Waals surface area contributed by atoms with Gasteiger partial charge in [-0.2, -0.15) is 0 Å². The zero-order valence-corrected chi connectivity index (χ0v) is 60.9. The normalized spacial score (nSPS) is 13.1.